The van der Waals surface area contributed by atoms with Gasteiger partial charge in [0, 0.05) is 6.42 Å². The molecule has 0 amide bonds. The van der Waals surface area contributed by atoms with Crippen molar-refractivity contribution in [1.29, 1.82) is 0 Å². The molecule has 2 aliphatic rings. The SMILES string of the molecule is O=C(C1=CCCO1)C1(O)CCCCC1. The minimum atomic E-state index is -1.13. The number of aliphatic hydroxyl groups is 1. The Hall–Kier alpha value is -0.830. The van der Waals surface area contributed by atoms with Crippen LogP contribution in [-0.4, -0.2) is 23.1 Å². The fourth-order valence-electron chi connectivity index (χ4n) is 2.17. The molecule has 0 saturated heterocycles. The van der Waals surface area contributed by atoms with Crippen LogP contribution in [0.5, 0.6) is 0 Å². The second-order valence-electron chi connectivity index (χ2n) is 4.13. The first-order valence-electron chi connectivity index (χ1n) is 5.32. The van der Waals surface area contributed by atoms with Crippen molar-refractivity contribution < 1.29 is 14.6 Å². The first-order chi connectivity index (χ1) is 6.72. The molecule has 0 bridgehead atoms. The van der Waals surface area contributed by atoms with E-state index >= 15 is 0 Å². The number of carbonyl (C=O) groups is 1. The maximum atomic E-state index is 11.9. The van der Waals surface area contributed by atoms with E-state index in [9.17, 15) is 9.90 Å². The fourth-order valence-corrected chi connectivity index (χ4v) is 2.17. The van der Waals surface area contributed by atoms with E-state index in [4.69, 9.17) is 4.74 Å². The highest BCUT2D eigenvalue weighted by Crippen LogP contribution is 2.32. The van der Waals surface area contributed by atoms with Crippen molar-refractivity contribution >= 4 is 5.78 Å². The van der Waals surface area contributed by atoms with Gasteiger partial charge in [0.15, 0.2) is 5.76 Å². The summed E-state index contributed by atoms with van der Waals surface area (Å²) in [6, 6.07) is 0. The number of Topliss-reactive ketones (excluding diaryl/α,β-unsaturated/α-hetero) is 1. The van der Waals surface area contributed by atoms with Gasteiger partial charge in [-0.15, -0.1) is 0 Å². The number of hydrogen-bond donors (Lipinski definition) is 1. The Kier molecular flexibility index (Phi) is 2.59. The van der Waals surface area contributed by atoms with E-state index in [2.05, 4.69) is 0 Å². The predicted octanol–water partition coefficient (Wildman–Crippen LogP) is 1.55. The Balaban J connectivity index is 2.08. The largest absolute Gasteiger partial charge is 0.490 e. The van der Waals surface area contributed by atoms with E-state index in [1.54, 1.807) is 6.08 Å². The lowest BCUT2D eigenvalue weighted by molar-refractivity contribution is -0.139. The van der Waals surface area contributed by atoms with Crippen molar-refractivity contribution in [1.82, 2.24) is 0 Å². The first-order valence-corrected chi connectivity index (χ1v) is 5.32. The van der Waals surface area contributed by atoms with E-state index in [-0.39, 0.29) is 5.78 Å². The average Bonchev–Trinajstić information content (AvgIpc) is 2.70. The van der Waals surface area contributed by atoms with Crippen molar-refractivity contribution in [3.8, 4) is 0 Å². The molecule has 0 atom stereocenters. The molecule has 78 valence electrons. The molecule has 1 fully saturated rings. The highest BCUT2D eigenvalue weighted by Gasteiger charge is 2.40. The van der Waals surface area contributed by atoms with Gasteiger partial charge in [0.2, 0.25) is 5.78 Å². The van der Waals surface area contributed by atoms with Gasteiger partial charge in [-0.05, 0) is 18.9 Å². The van der Waals surface area contributed by atoms with Gasteiger partial charge < -0.3 is 9.84 Å². The smallest absolute Gasteiger partial charge is 0.228 e. The second-order valence-corrected chi connectivity index (χ2v) is 4.13. The number of rotatable bonds is 2. The molecule has 0 aromatic rings. The molecular formula is C11H16O3. The third kappa shape index (κ3) is 1.69. The fraction of sp³-hybridized carbons (Fsp3) is 0.727. The van der Waals surface area contributed by atoms with Crippen LogP contribution in [-0.2, 0) is 9.53 Å². The topological polar surface area (TPSA) is 46.5 Å². The van der Waals surface area contributed by atoms with Crippen molar-refractivity contribution in [2.75, 3.05) is 6.61 Å². The Bertz CT molecular complexity index is 262. The van der Waals surface area contributed by atoms with Gasteiger partial charge in [0.25, 0.3) is 0 Å². The number of hydrogen-bond acceptors (Lipinski definition) is 3. The summed E-state index contributed by atoms with van der Waals surface area (Å²) in [5, 5.41) is 10.1. The summed E-state index contributed by atoms with van der Waals surface area (Å²) < 4.78 is 5.18. The minimum absolute atomic E-state index is 0.199. The molecule has 3 nitrogen and oxygen atoms in total. The molecule has 3 heteroatoms. The minimum Gasteiger partial charge on any atom is -0.490 e. The Morgan fingerprint density at radius 1 is 1.36 bits per heavy atom. The quantitative estimate of drug-likeness (QED) is 0.729. The number of carbonyl (C=O) groups excluding carboxylic acids is 1. The summed E-state index contributed by atoms with van der Waals surface area (Å²) in [4.78, 5) is 11.9. The highest BCUT2D eigenvalue weighted by atomic mass is 16.5. The number of ether oxygens (including phenoxy) is 1. The first kappa shape index (κ1) is 9.71. The van der Waals surface area contributed by atoms with Crippen molar-refractivity contribution in [3.05, 3.63) is 11.8 Å². The summed E-state index contributed by atoms with van der Waals surface area (Å²) in [6.45, 7) is 0.581. The molecule has 1 saturated carbocycles. The highest BCUT2D eigenvalue weighted by molar-refractivity contribution is 6.00. The van der Waals surface area contributed by atoms with Gasteiger partial charge in [0.05, 0.1) is 6.61 Å². The van der Waals surface area contributed by atoms with Gasteiger partial charge in [-0.3, -0.25) is 4.79 Å². The summed E-state index contributed by atoms with van der Waals surface area (Å²) in [6.07, 6.45) is 6.76. The van der Waals surface area contributed by atoms with Crippen LogP contribution in [0, 0.1) is 0 Å². The van der Waals surface area contributed by atoms with Crippen LogP contribution in [0.3, 0.4) is 0 Å². The lowest BCUT2D eigenvalue weighted by Crippen LogP contribution is -2.41. The van der Waals surface area contributed by atoms with Crippen LogP contribution in [0.25, 0.3) is 0 Å². The van der Waals surface area contributed by atoms with Crippen LogP contribution < -0.4 is 0 Å². The Morgan fingerprint density at radius 3 is 2.64 bits per heavy atom. The zero-order valence-electron chi connectivity index (χ0n) is 8.29. The summed E-state index contributed by atoms with van der Waals surface area (Å²) in [5.41, 5.74) is -1.13. The second kappa shape index (κ2) is 3.73. The van der Waals surface area contributed by atoms with Crippen LogP contribution in [0.1, 0.15) is 38.5 Å². The zero-order chi connectivity index (χ0) is 10.0. The monoisotopic (exact) mass is 196 g/mol. The lowest BCUT2D eigenvalue weighted by atomic mass is 9.81. The zero-order valence-corrected chi connectivity index (χ0v) is 8.29. The van der Waals surface area contributed by atoms with Crippen molar-refractivity contribution in [2.45, 2.75) is 44.1 Å². The van der Waals surface area contributed by atoms with Gasteiger partial charge in [-0.25, -0.2) is 0 Å². The Morgan fingerprint density at radius 2 is 2.07 bits per heavy atom. The van der Waals surface area contributed by atoms with Gasteiger partial charge in [-0.1, -0.05) is 19.3 Å². The number of ketones is 1. The van der Waals surface area contributed by atoms with E-state index in [0.29, 0.717) is 25.2 Å². The van der Waals surface area contributed by atoms with Crippen LogP contribution >= 0.6 is 0 Å². The normalized spacial score (nSPS) is 25.4. The lowest BCUT2D eigenvalue weighted by Gasteiger charge is -2.30. The van der Waals surface area contributed by atoms with Gasteiger partial charge in [-0.2, -0.15) is 0 Å². The molecular weight excluding hydrogens is 180 g/mol. The molecule has 1 N–H and O–H groups in total. The van der Waals surface area contributed by atoms with Crippen LogP contribution in [0.4, 0.5) is 0 Å². The van der Waals surface area contributed by atoms with E-state index < -0.39 is 5.60 Å². The van der Waals surface area contributed by atoms with Gasteiger partial charge in [0.1, 0.15) is 5.60 Å². The summed E-state index contributed by atoms with van der Waals surface area (Å²) >= 11 is 0. The van der Waals surface area contributed by atoms with Crippen molar-refractivity contribution in [3.63, 3.8) is 0 Å². The molecule has 1 aliphatic heterocycles. The molecule has 2 rings (SSSR count). The Labute approximate surface area is 83.8 Å². The molecule has 14 heavy (non-hydrogen) atoms. The predicted molar refractivity (Wildman–Crippen MR) is 51.7 cm³/mol. The van der Waals surface area contributed by atoms with Crippen molar-refractivity contribution in [2.24, 2.45) is 0 Å². The average molecular weight is 196 g/mol. The summed E-state index contributed by atoms with van der Waals surface area (Å²) in [7, 11) is 0. The molecule has 0 aromatic heterocycles. The van der Waals surface area contributed by atoms with E-state index in [1.165, 1.54) is 0 Å². The van der Waals surface area contributed by atoms with Crippen LogP contribution in [0.2, 0.25) is 0 Å². The van der Waals surface area contributed by atoms with E-state index in [1.807, 2.05) is 0 Å². The third-order valence-corrected chi connectivity index (χ3v) is 3.03. The molecule has 1 heterocycles. The van der Waals surface area contributed by atoms with Gasteiger partial charge >= 0.3 is 0 Å². The molecule has 0 unspecified atom stereocenters. The standard InChI is InChI=1S/C11H16O3/c12-10(9-5-4-8-14-9)11(13)6-2-1-3-7-11/h5,13H,1-4,6-8H2. The van der Waals surface area contributed by atoms with Crippen LogP contribution in [0.15, 0.2) is 11.8 Å². The van der Waals surface area contributed by atoms with E-state index in [0.717, 1.165) is 25.7 Å². The summed E-state index contributed by atoms with van der Waals surface area (Å²) in [5.74, 6) is 0.184. The molecule has 0 spiro atoms. The molecule has 1 aliphatic carbocycles. The maximum Gasteiger partial charge on any atom is 0.228 e. The third-order valence-electron chi connectivity index (χ3n) is 3.03. The maximum absolute atomic E-state index is 11.9. The molecule has 0 radical (unpaired) electrons. The molecule has 0 aromatic carbocycles.